The summed E-state index contributed by atoms with van der Waals surface area (Å²) in [6, 6.07) is 60.7. The third-order valence-corrected chi connectivity index (χ3v) is 15.1. The third-order valence-electron chi connectivity index (χ3n) is 15.1. The van der Waals surface area contributed by atoms with Crippen molar-refractivity contribution in [3.05, 3.63) is 194 Å². The van der Waals surface area contributed by atoms with Gasteiger partial charge in [0.15, 0.2) is 11.6 Å². The zero-order valence-corrected chi connectivity index (χ0v) is 37.6. The van der Waals surface area contributed by atoms with E-state index in [1.807, 2.05) is 18.2 Å². The molecule has 1 saturated carbocycles. The van der Waals surface area contributed by atoms with Gasteiger partial charge in [-0.15, -0.1) is 0 Å². The summed E-state index contributed by atoms with van der Waals surface area (Å²) < 4.78 is 4.77. The molecule has 2 aliphatic rings. The maximum Gasteiger partial charge on any atom is 0.238 e. The Morgan fingerprint density at radius 3 is 1.75 bits per heavy atom. The van der Waals surface area contributed by atoms with Gasteiger partial charge in [-0.1, -0.05) is 192 Å². The quantitative estimate of drug-likeness (QED) is 0.168. The molecule has 2 aliphatic carbocycles. The van der Waals surface area contributed by atoms with Crippen LogP contribution < -0.4 is 0 Å². The van der Waals surface area contributed by atoms with Crippen molar-refractivity contribution >= 4 is 49.2 Å². The highest BCUT2D eigenvalue weighted by Crippen LogP contribution is 2.61. The summed E-state index contributed by atoms with van der Waals surface area (Å²) >= 11 is 0. The second-order valence-electron chi connectivity index (χ2n) is 19.6. The monoisotopic (exact) mass is 841 g/mol. The Labute approximate surface area is 380 Å². The number of hydrogen-bond acceptors (Lipinski definition) is 3. The molecule has 12 rings (SSSR count). The van der Waals surface area contributed by atoms with Crippen LogP contribution in [0, 0.1) is 28.6 Å². The summed E-state index contributed by atoms with van der Waals surface area (Å²) in [5.74, 6) is 3.26. The molecule has 5 heteroatoms. The van der Waals surface area contributed by atoms with Crippen molar-refractivity contribution in [1.29, 1.82) is 0 Å². The van der Waals surface area contributed by atoms with E-state index in [0.29, 0.717) is 35.4 Å². The van der Waals surface area contributed by atoms with Gasteiger partial charge in [-0.2, -0.15) is 9.97 Å². The lowest BCUT2D eigenvalue weighted by Crippen LogP contribution is -2.49. The van der Waals surface area contributed by atoms with Crippen LogP contribution in [0.1, 0.15) is 46.6 Å². The van der Waals surface area contributed by atoms with Gasteiger partial charge in [0.2, 0.25) is 5.95 Å². The van der Waals surface area contributed by atoms with Crippen LogP contribution in [0.5, 0.6) is 0 Å². The van der Waals surface area contributed by atoms with Crippen LogP contribution in [0.2, 0.25) is 0 Å². The van der Waals surface area contributed by atoms with Crippen LogP contribution in [0.3, 0.4) is 0 Å². The molecule has 5 nitrogen and oxygen atoms in total. The molecule has 10 aromatic rings. The normalized spacial score (nSPS) is 18.9. The summed E-state index contributed by atoms with van der Waals surface area (Å²) in [4.78, 5) is 16.0. The molecule has 3 unspecified atom stereocenters. The number of aromatic nitrogens is 5. The molecule has 65 heavy (non-hydrogen) atoms. The highest BCUT2D eigenvalue weighted by Gasteiger charge is 2.52. The molecule has 1 fully saturated rings. The van der Waals surface area contributed by atoms with Gasteiger partial charge in [0, 0.05) is 38.2 Å². The molecule has 0 radical (unpaired) electrons. The van der Waals surface area contributed by atoms with Crippen LogP contribution in [0.25, 0.3) is 94.7 Å². The summed E-state index contributed by atoms with van der Waals surface area (Å²) in [6.07, 6.45) is 8.44. The van der Waals surface area contributed by atoms with E-state index in [1.165, 1.54) is 39.5 Å². The lowest BCUT2D eigenvalue weighted by atomic mass is 9.48. The summed E-state index contributed by atoms with van der Waals surface area (Å²) in [5.41, 5.74) is 12.7. The van der Waals surface area contributed by atoms with E-state index >= 15 is 0 Å². The van der Waals surface area contributed by atoms with E-state index in [4.69, 9.17) is 15.0 Å². The lowest BCUT2D eigenvalue weighted by molar-refractivity contribution is -0.0121. The molecule has 0 aliphatic heterocycles. The average Bonchev–Trinajstić information content (AvgIpc) is 3.84. The third kappa shape index (κ3) is 6.16. The number of fused-ring (bicyclic) bond motifs is 7. The predicted octanol–water partition coefficient (Wildman–Crippen LogP) is 15.3. The van der Waals surface area contributed by atoms with E-state index in [2.05, 4.69) is 214 Å². The number of para-hydroxylation sites is 3. The van der Waals surface area contributed by atoms with E-state index in [0.717, 1.165) is 49.6 Å². The van der Waals surface area contributed by atoms with Crippen LogP contribution >= 0.6 is 0 Å². The SMILES string of the molecule is CC1CC(C)(C)C2C(c3ccccc3-n3c4ccccc4c4cc5c6ccccc6n(-c6nc(-c7ccccc7)nc(-c7ccccc7-c7ccccc7)n6)c5cc43)=CC=CC2C1(C)C. The maximum atomic E-state index is 5.43. The van der Waals surface area contributed by atoms with Crippen molar-refractivity contribution in [2.75, 3.05) is 0 Å². The highest BCUT2D eigenvalue weighted by atomic mass is 15.2. The molecular weight excluding hydrogens is 791 g/mol. The van der Waals surface area contributed by atoms with Crippen LogP contribution in [0.4, 0.5) is 0 Å². The first-order valence-corrected chi connectivity index (χ1v) is 23.1. The Morgan fingerprint density at radius 1 is 0.492 bits per heavy atom. The van der Waals surface area contributed by atoms with Crippen molar-refractivity contribution in [2.45, 2.75) is 41.0 Å². The molecule has 0 N–H and O–H groups in total. The standard InChI is InChI=1S/C60H51N5/c1-38-37-59(2,3)55-45(30-20-31-49(55)60(38,4)5)42-26-14-17-32-50(42)64-51-33-18-15-27-43(51)47-35-48-44-28-16-19-34-52(44)65(54(48)36-53(47)64)58-62-56(40-23-10-7-11-24-40)61-57(63-58)46-29-13-12-25-41(46)39-21-8-6-9-22-39/h6-36,38,49,55H,37H2,1-5H3. The molecule has 3 aromatic heterocycles. The number of benzene rings is 7. The van der Waals surface area contributed by atoms with E-state index < -0.39 is 0 Å². The number of allylic oxidation sites excluding steroid dienone is 4. The predicted molar refractivity (Wildman–Crippen MR) is 270 cm³/mol. The van der Waals surface area contributed by atoms with Gasteiger partial charge < -0.3 is 4.57 Å². The first-order chi connectivity index (χ1) is 31.7. The Bertz CT molecular complexity index is 3550. The zero-order chi connectivity index (χ0) is 44.0. The topological polar surface area (TPSA) is 48.5 Å². The second kappa shape index (κ2) is 14.9. The van der Waals surface area contributed by atoms with Crippen LogP contribution in [-0.2, 0) is 0 Å². The number of hydrogen-bond donors (Lipinski definition) is 0. The molecule has 0 spiro atoms. The zero-order valence-electron chi connectivity index (χ0n) is 37.6. The molecule has 0 bridgehead atoms. The Hall–Kier alpha value is -7.37. The van der Waals surface area contributed by atoms with Gasteiger partial charge in [0.1, 0.15) is 0 Å². The van der Waals surface area contributed by atoms with Crippen molar-refractivity contribution < 1.29 is 0 Å². The smallest absolute Gasteiger partial charge is 0.238 e. The highest BCUT2D eigenvalue weighted by molar-refractivity contribution is 6.19. The Morgan fingerprint density at radius 2 is 1.05 bits per heavy atom. The minimum Gasteiger partial charge on any atom is -0.309 e. The average molecular weight is 842 g/mol. The largest absolute Gasteiger partial charge is 0.309 e. The number of nitrogens with zero attached hydrogens (tertiary/aromatic N) is 5. The minimum absolute atomic E-state index is 0.126. The van der Waals surface area contributed by atoms with E-state index in [-0.39, 0.29) is 10.8 Å². The molecule has 0 amide bonds. The fourth-order valence-corrected chi connectivity index (χ4v) is 11.7. The summed E-state index contributed by atoms with van der Waals surface area (Å²) in [6.45, 7) is 12.4. The molecule has 0 saturated heterocycles. The first kappa shape index (κ1) is 39.2. The number of rotatable bonds is 6. The Kier molecular flexibility index (Phi) is 8.97. The van der Waals surface area contributed by atoms with Gasteiger partial charge >= 0.3 is 0 Å². The van der Waals surface area contributed by atoms with Crippen LogP contribution in [-0.4, -0.2) is 24.1 Å². The van der Waals surface area contributed by atoms with E-state index in [1.54, 1.807) is 0 Å². The van der Waals surface area contributed by atoms with E-state index in [9.17, 15) is 0 Å². The lowest BCUT2D eigenvalue weighted by Gasteiger charge is -2.56. The molecular formula is C60H51N5. The van der Waals surface area contributed by atoms with Gasteiger partial charge in [0.25, 0.3) is 0 Å². The molecule has 3 atom stereocenters. The fraction of sp³-hybridized carbons (Fsp3) is 0.183. The van der Waals surface area contributed by atoms with Gasteiger partial charge in [-0.25, -0.2) is 4.98 Å². The van der Waals surface area contributed by atoms with Crippen molar-refractivity contribution in [3.63, 3.8) is 0 Å². The molecule has 316 valence electrons. The minimum atomic E-state index is 0.126. The van der Waals surface area contributed by atoms with Gasteiger partial charge in [-0.05, 0) is 82.0 Å². The van der Waals surface area contributed by atoms with Crippen LogP contribution in [0.15, 0.2) is 188 Å². The summed E-state index contributed by atoms with van der Waals surface area (Å²) in [7, 11) is 0. The van der Waals surface area contributed by atoms with Crippen molar-refractivity contribution in [1.82, 2.24) is 24.1 Å². The van der Waals surface area contributed by atoms with Gasteiger partial charge in [0.05, 0.1) is 27.8 Å². The van der Waals surface area contributed by atoms with Gasteiger partial charge in [-0.3, -0.25) is 4.57 Å². The molecule has 3 heterocycles. The fourth-order valence-electron chi connectivity index (χ4n) is 11.7. The summed E-state index contributed by atoms with van der Waals surface area (Å²) in [5, 5.41) is 4.74. The second-order valence-corrected chi connectivity index (χ2v) is 19.6. The first-order valence-electron chi connectivity index (χ1n) is 23.1. The van der Waals surface area contributed by atoms with Crippen molar-refractivity contribution in [3.8, 4) is 45.5 Å². The maximum absolute atomic E-state index is 5.43. The Balaban J connectivity index is 1.13. The van der Waals surface area contributed by atoms with Crippen molar-refractivity contribution in [2.24, 2.45) is 28.6 Å². The molecule has 7 aromatic carbocycles.